The Balaban J connectivity index is 1.31. The van der Waals surface area contributed by atoms with Crippen LogP contribution in [0.15, 0.2) is 12.2 Å². The molecule has 0 aromatic heterocycles. The van der Waals surface area contributed by atoms with Gasteiger partial charge in [0.2, 0.25) is 0 Å². The molecular weight excluding hydrogens is 362 g/mol. The quantitative estimate of drug-likeness (QED) is 0.446. The third-order valence-corrected chi connectivity index (χ3v) is 7.00. The minimum absolute atomic E-state index is 0.0250. The maximum Gasteiger partial charge on any atom is 0.266 e. The molecule has 5 heteroatoms. The molecule has 28 heavy (non-hydrogen) atoms. The molecule has 1 aliphatic heterocycles. The van der Waals surface area contributed by atoms with Crippen molar-refractivity contribution in [1.82, 2.24) is 0 Å². The Hall–Kier alpha value is -0.520. The average molecular weight is 401 g/mol. The highest BCUT2D eigenvalue weighted by Gasteiger charge is 2.36. The van der Waals surface area contributed by atoms with Gasteiger partial charge in [-0.2, -0.15) is 8.78 Å². The molecule has 162 valence electrons. The summed E-state index contributed by atoms with van der Waals surface area (Å²) < 4.78 is 43.1. The van der Waals surface area contributed by atoms with E-state index in [1.54, 1.807) is 0 Å². The van der Waals surface area contributed by atoms with Gasteiger partial charge in [-0.1, -0.05) is 19.8 Å². The van der Waals surface area contributed by atoms with Crippen molar-refractivity contribution in [2.45, 2.75) is 89.9 Å². The summed E-state index contributed by atoms with van der Waals surface area (Å²) >= 11 is 0. The third kappa shape index (κ3) is 6.77. The molecule has 0 bridgehead atoms. The van der Waals surface area contributed by atoms with Crippen molar-refractivity contribution in [3.8, 4) is 0 Å². The van der Waals surface area contributed by atoms with Gasteiger partial charge in [-0.05, 0) is 75.7 Å². The highest BCUT2D eigenvalue weighted by atomic mass is 19.3. The van der Waals surface area contributed by atoms with E-state index in [0.29, 0.717) is 23.9 Å². The first-order valence-corrected chi connectivity index (χ1v) is 11.5. The first-order chi connectivity index (χ1) is 13.7. The minimum atomic E-state index is -1.54. The van der Waals surface area contributed by atoms with Crippen LogP contribution in [0.1, 0.15) is 77.6 Å². The minimum Gasteiger partial charge on any atom is -0.378 e. The molecule has 3 aliphatic rings. The fourth-order valence-corrected chi connectivity index (χ4v) is 5.17. The van der Waals surface area contributed by atoms with Crippen LogP contribution >= 0.6 is 0 Å². The van der Waals surface area contributed by atoms with Gasteiger partial charge in [-0.25, -0.2) is 0 Å². The maximum absolute atomic E-state index is 12.4. The zero-order valence-corrected chi connectivity index (χ0v) is 17.4. The maximum atomic E-state index is 12.4. The van der Waals surface area contributed by atoms with Crippen molar-refractivity contribution in [3.05, 3.63) is 12.2 Å². The molecule has 0 unspecified atom stereocenters. The number of halogens is 2. The summed E-state index contributed by atoms with van der Waals surface area (Å²) in [5.41, 5.74) is 0. The highest BCUT2D eigenvalue weighted by molar-refractivity contribution is 4.91. The molecule has 0 aromatic carbocycles. The number of hydrogen-bond acceptors (Lipinski definition) is 3. The number of rotatable bonds is 8. The van der Waals surface area contributed by atoms with Crippen LogP contribution in [0.25, 0.3) is 0 Å². The van der Waals surface area contributed by atoms with Gasteiger partial charge in [0.05, 0.1) is 19.3 Å². The topological polar surface area (TPSA) is 27.7 Å². The smallest absolute Gasteiger partial charge is 0.266 e. The van der Waals surface area contributed by atoms with E-state index in [2.05, 4.69) is 6.92 Å². The summed E-state index contributed by atoms with van der Waals surface area (Å²) in [4.78, 5) is 0. The summed E-state index contributed by atoms with van der Waals surface area (Å²) in [6, 6.07) is 0. The largest absolute Gasteiger partial charge is 0.378 e. The summed E-state index contributed by atoms with van der Waals surface area (Å²) in [6.07, 6.45) is 11.8. The van der Waals surface area contributed by atoms with E-state index in [0.717, 1.165) is 51.6 Å². The number of allylic oxidation sites excluding steroid dienone is 1. The SMILES string of the molecule is CCCCCOC1CCC(C2COC(C3CCC(C=C(F)F)CC3)OC2)CC1. The van der Waals surface area contributed by atoms with Crippen molar-refractivity contribution in [3.63, 3.8) is 0 Å². The van der Waals surface area contributed by atoms with Gasteiger partial charge in [0, 0.05) is 18.4 Å². The predicted octanol–water partition coefficient (Wildman–Crippen LogP) is 6.33. The predicted molar refractivity (Wildman–Crippen MR) is 106 cm³/mol. The molecule has 1 heterocycles. The second-order valence-electron chi connectivity index (χ2n) is 9.04. The second-order valence-corrected chi connectivity index (χ2v) is 9.04. The molecule has 0 amide bonds. The van der Waals surface area contributed by atoms with Crippen LogP contribution in [0.2, 0.25) is 0 Å². The Bertz CT molecular complexity index is 456. The summed E-state index contributed by atoms with van der Waals surface area (Å²) in [5.74, 6) is 1.57. The molecule has 0 atom stereocenters. The van der Waals surface area contributed by atoms with E-state index in [9.17, 15) is 8.78 Å². The van der Waals surface area contributed by atoms with Gasteiger partial charge in [0.25, 0.3) is 6.08 Å². The number of unbranched alkanes of at least 4 members (excludes halogenated alkanes) is 2. The molecule has 0 aromatic rings. The molecule has 3 nitrogen and oxygen atoms in total. The Kier molecular flexibility index (Phi) is 9.19. The Labute approximate surface area is 169 Å². The summed E-state index contributed by atoms with van der Waals surface area (Å²) in [5, 5.41) is 0. The van der Waals surface area contributed by atoms with Crippen LogP contribution in [-0.2, 0) is 14.2 Å². The fraction of sp³-hybridized carbons (Fsp3) is 0.913. The fourth-order valence-electron chi connectivity index (χ4n) is 5.17. The first kappa shape index (κ1) is 22.2. The molecule has 2 aliphatic carbocycles. The molecule has 3 fully saturated rings. The van der Waals surface area contributed by atoms with Crippen LogP contribution < -0.4 is 0 Å². The molecule has 3 rings (SSSR count). The zero-order valence-electron chi connectivity index (χ0n) is 17.4. The normalized spacial score (nSPS) is 36.8. The summed E-state index contributed by atoms with van der Waals surface area (Å²) in [7, 11) is 0. The number of ether oxygens (including phenoxy) is 3. The average Bonchev–Trinajstić information content (AvgIpc) is 2.72. The van der Waals surface area contributed by atoms with Crippen LogP contribution in [-0.4, -0.2) is 32.2 Å². The standard InChI is InChI=1S/C23H38F2O3/c1-2-3-4-13-26-21-11-9-18(10-12-21)20-15-27-23(28-16-20)19-7-5-17(6-8-19)14-22(24)25/h14,17-21,23H,2-13,15-16H2,1H3. The van der Waals surface area contributed by atoms with Gasteiger partial charge < -0.3 is 14.2 Å². The lowest BCUT2D eigenvalue weighted by Crippen LogP contribution is -2.41. The van der Waals surface area contributed by atoms with Crippen molar-refractivity contribution in [2.75, 3.05) is 19.8 Å². The van der Waals surface area contributed by atoms with E-state index in [-0.39, 0.29) is 12.2 Å². The Morgan fingerprint density at radius 1 is 0.857 bits per heavy atom. The van der Waals surface area contributed by atoms with Crippen molar-refractivity contribution < 1.29 is 23.0 Å². The van der Waals surface area contributed by atoms with Gasteiger partial charge in [-0.15, -0.1) is 0 Å². The van der Waals surface area contributed by atoms with Crippen molar-refractivity contribution >= 4 is 0 Å². The number of hydrogen-bond donors (Lipinski definition) is 0. The van der Waals surface area contributed by atoms with Crippen LogP contribution in [0, 0.1) is 23.7 Å². The van der Waals surface area contributed by atoms with E-state index < -0.39 is 6.08 Å². The molecule has 0 radical (unpaired) electrons. The van der Waals surface area contributed by atoms with Gasteiger partial charge in [0.1, 0.15) is 0 Å². The second kappa shape index (κ2) is 11.6. The van der Waals surface area contributed by atoms with Crippen LogP contribution in [0.3, 0.4) is 0 Å². The zero-order chi connectivity index (χ0) is 19.8. The Morgan fingerprint density at radius 3 is 2.11 bits per heavy atom. The van der Waals surface area contributed by atoms with E-state index in [1.165, 1.54) is 44.9 Å². The van der Waals surface area contributed by atoms with Crippen LogP contribution in [0.4, 0.5) is 8.78 Å². The molecular formula is C23H38F2O3. The van der Waals surface area contributed by atoms with E-state index >= 15 is 0 Å². The van der Waals surface area contributed by atoms with Crippen molar-refractivity contribution in [2.24, 2.45) is 23.7 Å². The summed E-state index contributed by atoms with van der Waals surface area (Å²) in [6.45, 7) is 4.71. The van der Waals surface area contributed by atoms with Gasteiger partial charge >= 0.3 is 0 Å². The molecule has 0 spiro atoms. The van der Waals surface area contributed by atoms with Gasteiger partial charge in [-0.3, -0.25) is 0 Å². The van der Waals surface area contributed by atoms with Crippen molar-refractivity contribution in [1.29, 1.82) is 0 Å². The highest BCUT2D eigenvalue weighted by Crippen LogP contribution is 2.38. The first-order valence-electron chi connectivity index (χ1n) is 11.5. The monoisotopic (exact) mass is 400 g/mol. The lowest BCUT2D eigenvalue weighted by atomic mass is 9.78. The van der Waals surface area contributed by atoms with E-state index in [4.69, 9.17) is 14.2 Å². The molecule has 1 saturated heterocycles. The van der Waals surface area contributed by atoms with Crippen LogP contribution in [0.5, 0.6) is 0 Å². The third-order valence-electron chi connectivity index (χ3n) is 7.00. The lowest BCUT2D eigenvalue weighted by Gasteiger charge is -2.40. The molecule has 0 N–H and O–H groups in total. The van der Waals surface area contributed by atoms with Gasteiger partial charge in [0.15, 0.2) is 6.29 Å². The lowest BCUT2D eigenvalue weighted by molar-refractivity contribution is -0.237. The molecule has 2 saturated carbocycles. The van der Waals surface area contributed by atoms with E-state index in [1.807, 2.05) is 0 Å². The Morgan fingerprint density at radius 2 is 1.50 bits per heavy atom.